The quantitative estimate of drug-likeness (QED) is 0.778. The minimum absolute atomic E-state index is 0.0778. The van der Waals surface area contributed by atoms with Gasteiger partial charge in [0.25, 0.3) is 0 Å². The number of benzene rings is 1. The van der Waals surface area contributed by atoms with Gasteiger partial charge in [-0.25, -0.2) is 4.79 Å². The third-order valence-electron chi connectivity index (χ3n) is 4.05. The van der Waals surface area contributed by atoms with Crippen molar-refractivity contribution in [1.82, 2.24) is 10.6 Å². The lowest BCUT2D eigenvalue weighted by molar-refractivity contribution is 0.153. The summed E-state index contributed by atoms with van der Waals surface area (Å²) in [6.45, 7) is 0.598. The molecule has 5 nitrogen and oxygen atoms in total. The third kappa shape index (κ3) is 4.63. The molecule has 1 fully saturated rings. The Morgan fingerprint density at radius 2 is 2.19 bits per heavy atom. The summed E-state index contributed by atoms with van der Waals surface area (Å²) in [6, 6.07) is 7.52. The maximum absolute atomic E-state index is 12.0. The number of carbonyl (C=O) groups is 1. The molecule has 116 valence electrons. The van der Waals surface area contributed by atoms with Gasteiger partial charge in [0.2, 0.25) is 0 Å². The van der Waals surface area contributed by atoms with E-state index in [0.29, 0.717) is 6.54 Å². The fourth-order valence-electron chi connectivity index (χ4n) is 2.80. The Morgan fingerprint density at radius 3 is 2.95 bits per heavy atom. The fraction of sp³-hybridized carbons (Fsp3) is 0.562. The number of aliphatic hydroxyl groups is 1. The highest BCUT2D eigenvalue weighted by atomic mass is 16.5. The summed E-state index contributed by atoms with van der Waals surface area (Å²) in [5.74, 6) is 0.962. The Hall–Kier alpha value is -1.75. The summed E-state index contributed by atoms with van der Waals surface area (Å²) >= 11 is 0. The molecule has 3 N–H and O–H groups in total. The van der Waals surface area contributed by atoms with Crippen LogP contribution in [-0.2, 0) is 6.54 Å². The Kier molecular flexibility index (Phi) is 5.87. The molecule has 0 heterocycles. The molecule has 2 unspecified atom stereocenters. The number of carbonyl (C=O) groups excluding carboxylic acids is 1. The highest BCUT2D eigenvalue weighted by Gasteiger charge is 2.25. The summed E-state index contributed by atoms with van der Waals surface area (Å²) in [4.78, 5) is 12.0. The lowest BCUT2D eigenvalue weighted by Crippen LogP contribution is -2.47. The van der Waals surface area contributed by atoms with Gasteiger partial charge in [-0.1, -0.05) is 25.0 Å². The summed E-state index contributed by atoms with van der Waals surface area (Å²) in [5.41, 5.74) is 0.992. The second-order valence-electron chi connectivity index (χ2n) is 5.51. The minimum Gasteiger partial charge on any atom is -0.497 e. The van der Waals surface area contributed by atoms with E-state index in [2.05, 4.69) is 10.6 Å². The first kappa shape index (κ1) is 15.6. The molecule has 1 aliphatic carbocycles. The minimum atomic E-state index is -0.178. The van der Waals surface area contributed by atoms with Crippen LogP contribution in [0, 0.1) is 5.92 Å². The Bertz CT molecular complexity index is 465. The zero-order valence-corrected chi connectivity index (χ0v) is 12.5. The molecule has 0 saturated heterocycles. The van der Waals surface area contributed by atoms with Crippen molar-refractivity contribution in [2.75, 3.05) is 13.7 Å². The molecule has 1 aliphatic rings. The smallest absolute Gasteiger partial charge is 0.315 e. The average Bonchev–Trinajstić information content (AvgIpc) is 2.53. The van der Waals surface area contributed by atoms with Crippen LogP contribution in [0.1, 0.15) is 31.2 Å². The van der Waals surface area contributed by atoms with Gasteiger partial charge in [0.15, 0.2) is 0 Å². The monoisotopic (exact) mass is 292 g/mol. The van der Waals surface area contributed by atoms with Crippen LogP contribution in [0.2, 0.25) is 0 Å². The highest BCUT2D eigenvalue weighted by Crippen LogP contribution is 2.23. The van der Waals surface area contributed by atoms with Crippen molar-refractivity contribution in [3.05, 3.63) is 29.8 Å². The van der Waals surface area contributed by atoms with E-state index in [0.717, 1.165) is 37.0 Å². The number of ether oxygens (including phenoxy) is 1. The van der Waals surface area contributed by atoms with E-state index in [9.17, 15) is 9.90 Å². The van der Waals surface area contributed by atoms with Gasteiger partial charge in [-0.05, 0) is 30.5 Å². The number of hydrogen-bond acceptors (Lipinski definition) is 3. The molecule has 0 radical (unpaired) electrons. The first-order chi connectivity index (χ1) is 10.2. The first-order valence-electron chi connectivity index (χ1n) is 7.51. The highest BCUT2D eigenvalue weighted by molar-refractivity contribution is 5.74. The normalized spacial score (nSPS) is 21.6. The zero-order valence-electron chi connectivity index (χ0n) is 12.5. The Morgan fingerprint density at radius 1 is 1.38 bits per heavy atom. The second-order valence-corrected chi connectivity index (χ2v) is 5.51. The van der Waals surface area contributed by atoms with E-state index in [1.807, 2.05) is 24.3 Å². The van der Waals surface area contributed by atoms with Crippen molar-refractivity contribution in [2.24, 2.45) is 5.92 Å². The van der Waals surface area contributed by atoms with Gasteiger partial charge in [-0.3, -0.25) is 0 Å². The second kappa shape index (κ2) is 7.88. The molecule has 0 aliphatic heterocycles. The van der Waals surface area contributed by atoms with Crippen molar-refractivity contribution in [3.8, 4) is 5.75 Å². The average molecular weight is 292 g/mol. The van der Waals surface area contributed by atoms with Crippen LogP contribution in [0.15, 0.2) is 24.3 Å². The van der Waals surface area contributed by atoms with Crippen LogP contribution in [0.5, 0.6) is 5.75 Å². The maximum atomic E-state index is 12.0. The molecule has 1 saturated carbocycles. The molecule has 1 aromatic rings. The van der Waals surface area contributed by atoms with Crippen LogP contribution in [-0.4, -0.2) is 30.9 Å². The molecule has 21 heavy (non-hydrogen) atoms. The molecule has 2 atom stereocenters. The molecular weight excluding hydrogens is 268 g/mol. The topological polar surface area (TPSA) is 70.6 Å². The van der Waals surface area contributed by atoms with Gasteiger partial charge in [0.1, 0.15) is 5.75 Å². The van der Waals surface area contributed by atoms with Crippen LogP contribution >= 0.6 is 0 Å². The number of aliphatic hydroxyl groups excluding tert-OH is 1. The third-order valence-corrected chi connectivity index (χ3v) is 4.05. The van der Waals surface area contributed by atoms with Gasteiger partial charge < -0.3 is 20.5 Å². The van der Waals surface area contributed by atoms with E-state index in [1.54, 1.807) is 7.11 Å². The van der Waals surface area contributed by atoms with Crippen molar-refractivity contribution in [3.63, 3.8) is 0 Å². The fourth-order valence-corrected chi connectivity index (χ4v) is 2.80. The predicted molar refractivity (Wildman–Crippen MR) is 81.2 cm³/mol. The standard InChI is InChI=1S/C16H24N2O3/c1-21-14-7-4-5-12(9-14)10-17-16(20)18-15-8-3-2-6-13(15)11-19/h4-5,7,9,13,15,19H,2-3,6,8,10-11H2,1H3,(H2,17,18,20). The van der Waals surface area contributed by atoms with E-state index >= 15 is 0 Å². The Labute approximate surface area is 125 Å². The molecule has 0 aromatic heterocycles. The van der Waals surface area contributed by atoms with Gasteiger partial charge in [0, 0.05) is 25.1 Å². The maximum Gasteiger partial charge on any atom is 0.315 e. The molecule has 5 heteroatoms. The van der Waals surface area contributed by atoms with E-state index in [4.69, 9.17) is 4.74 Å². The van der Waals surface area contributed by atoms with Crippen molar-refractivity contribution in [1.29, 1.82) is 0 Å². The largest absolute Gasteiger partial charge is 0.497 e. The van der Waals surface area contributed by atoms with Crippen LogP contribution in [0.25, 0.3) is 0 Å². The number of hydrogen-bond donors (Lipinski definition) is 3. The summed E-state index contributed by atoms with van der Waals surface area (Å²) < 4.78 is 5.16. The lowest BCUT2D eigenvalue weighted by atomic mass is 9.85. The number of urea groups is 1. The number of methoxy groups -OCH3 is 1. The summed E-state index contributed by atoms with van der Waals surface area (Å²) in [7, 11) is 1.62. The van der Waals surface area contributed by atoms with Crippen LogP contribution in [0.4, 0.5) is 4.79 Å². The molecule has 2 rings (SSSR count). The summed E-state index contributed by atoms with van der Waals surface area (Å²) in [5, 5.41) is 15.2. The molecule has 0 bridgehead atoms. The van der Waals surface area contributed by atoms with Gasteiger partial charge in [-0.15, -0.1) is 0 Å². The van der Waals surface area contributed by atoms with Crippen LogP contribution in [0.3, 0.4) is 0 Å². The predicted octanol–water partition coefficient (Wildman–Crippen LogP) is 2.05. The first-order valence-corrected chi connectivity index (χ1v) is 7.51. The van der Waals surface area contributed by atoms with Crippen LogP contribution < -0.4 is 15.4 Å². The number of rotatable bonds is 5. The molecular formula is C16H24N2O3. The van der Waals surface area contributed by atoms with Crippen molar-refractivity contribution >= 4 is 6.03 Å². The van der Waals surface area contributed by atoms with Gasteiger partial charge in [-0.2, -0.15) is 0 Å². The van der Waals surface area contributed by atoms with E-state index in [-0.39, 0.29) is 24.6 Å². The van der Waals surface area contributed by atoms with Crippen molar-refractivity contribution < 1.29 is 14.6 Å². The molecule has 2 amide bonds. The van der Waals surface area contributed by atoms with Gasteiger partial charge in [0.05, 0.1) is 7.11 Å². The van der Waals surface area contributed by atoms with Crippen molar-refractivity contribution in [2.45, 2.75) is 38.3 Å². The number of nitrogens with one attached hydrogen (secondary N) is 2. The van der Waals surface area contributed by atoms with E-state index in [1.165, 1.54) is 0 Å². The molecule has 1 aromatic carbocycles. The number of amides is 2. The van der Waals surface area contributed by atoms with E-state index < -0.39 is 0 Å². The SMILES string of the molecule is COc1cccc(CNC(=O)NC2CCCCC2CO)c1. The zero-order chi connectivity index (χ0) is 15.1. The lowest BCUT2D eigenvalue weighted by Gasteiger charge is -2.30. The van der Waals surface area contributed by atoms with Gasteiger partial charge >= 0.3 is 6.03 Å². The molecule has 0 spiro atoms. The Balaban J connectivity index is 1.81. The summed E-state index contributed by atoms with van der Waals surface area (Å²) in [6.07, 6.45) is 4.17.